The van der Waals surface area contributed by atoms with Crippen LogP contribution in [0.15, 0.2) is 16.6 Å². The number of rotatable bonds is 5. The summed E-state index contributed by atoms with van der Waals surface area (Å²) in [4.78, 5) is 22.2. The van der Waals surface area contributed by atoms with E-state index in [0.29, 0.717) is 0 Å². The molecule has 0 aliphatic rings. The number of halogens is 3. The highest BCUT2D eigenvalue weighted by molar-refractivity contribution is 9.10. The first-order chi connectivity index (χ1) is 9.62. The second kappa shape index (κ2) is 6.35. The van der Waals surface area contributed by atoms with Gasteiger partial charge < -0.3 is 20.7 Å². The zero-order valence-corrected chi connectivity index (χ0v) is 12.4. The van der Waals surface area contributed by atoms with E-state index in [-0.39, 0.29) is 11.1 Å². The van der Waals surface area contributed by atoms with Gasteiger partial charge in [-0.2, -0.15) is 8.78 Å². The van der Waals surface area contributed by atoms with Gasteiger partial charge in [-0.3, -0.25) is 0 Å². The summed E-state index contributed by atoms with van der Waals surface area (Å²) < 4.78 is 32.0. The minimum absolute atomic E-state index is 0.114. The van der Waals surface area contributed by atoms with Gasteiger partial charge in [-0.05, 0) is 19.1 Å². The molecule has 116 valence electrons. The van der Waals surface area contributed by atoms with E-state index < -0.39 is 40.8 Å². The number of hydrogen-bond donors (Lipinski definition) is 3. The van der Waals surface area contributed by atoms with Gasteiger partial charge in [0, 0.05) is 10.0 Å². The molecule has 4 N–H and O–H groups in total. The lowest BCUT2D eigenvalue weighted by Crippen LogP contribution is -2.41. The number of ether oxygens (including phenoxy) is 1. The van der Waals surface area contributed by atoms with Crippen molar-refractivity contribution in [3.63, 3.8) is 0 Å². The Labute approximate surface area is 126 Å². The van der Waals surface area contributed by atoms with E-state index in [9.17, 15) is 23.5 Å². The number of aromatic hydroxyl groups is 1. The fraction of sp³-hybridized carbons (Fsp3) is 0.333. The van der Waals surface area contributed by atoms with Crippen LogP contribution in [0.4, 0.5) is 8.78 Å². The molecule has 0 radical (unpaired) electrons. The second-order valence-electron chi connectivity index (χ2n) is 4.02. The van der Waals surface area contributed by atoms with E-state index in [0.717, 1.165) is 12.1 Å². The highest BCUT2D eigenvalue weighted by atomic mass is 79.9. The molecule has 0 spiro atoms. The summed E-state index contributed by atoms with van der Waals surface area (Å²) in [5.41, 5.74) is 4.12. The molecule has 0 heterocycles. The van der Waals surface area contributed by atoms with Gasteiger partial charge in [-0.25, -0.2) is 9.59 Å². The van der Waals surface area contributed by atoms with Crippen LogP contribution in [0.1, 0.15) is 28.9 Å². The summed E-state index contributed by atoms with van der Waals surface area (Å²) in [6.07, 6.45) is 0. The smallest absolute Gasteiger partial charge is 0.379 e. The fourth-order valence-electron chi connectivity index (χ4n) is 1.57. The first-order valence-corrected chi connectivity index (χ1v) is 6.48. The van der Waals surface area contributed by atoms with Gasteiger partial charge in [0.25, 0.3) is 0 Å². The first-order valence-electron chi connectivity index (χ1n) is 5.69. The molecule has 21 heavy (non-hydrogen) atoms. The van der Waals surface area contributed by atoms with Crippen molar-refractivity contribution in [2.24, 2.45) is 5.73 Å². The van der Waals surface area contributed by atoms with Crippen molar-refractivity contribution in [2.45, 2.75) is 18.9 Å². The van der Waals surface area contributed by atoms with E-state index >= 15 is 0 Å². The maximum absolute atomic E-state index is 13.9. The van der Waals surface area contributed by atoms with Crippen LogP contribution < -0.4 is 5.73 Å². The number of nitrogens with two attached hydrogens (primary N) is 1. The molecule has 0 saturated heterocycles. The minimum atomic E-state index is -4.12. The molecule has 0 saturated carbocycles. The molecule has 0 aromatic heterocycles. The SMILES string of the molecule is CCOC(=O)C(F)(F)[C@H](N)c1cc(Br)cc(C(=O)O)c1O. The predicted molar refractivity (Wildman–Crippen MR) is 71.3 cm³/mol. The van der Waals surface area contributed by atoms with E-state index in [2.05, 4.69) is 20.7 Å². The largest absolute Gasteiger partial charge is 0.507 e. The molecule has 0 aliphatic carbocycles. The standard InChI is InChI=1S/C12H12BrF2NO5/c1-2-21-11(20)12(14,15)9(16)6-3-5(13)4-7(8(6)17)10(18)19/h3-4,9,17H,2,16H2,1H3,(H,18,19)/t9-/m1/s1. The van der Waals surface area contributed by atoms with Gasteiger partial charge >= 0.3 is 17.9 Å². The third-order valence-electron chi connectivity index (χ3n) is 2.61. The van der Waals surface area contributed by atoms with Crippen molar-refractivity contribution in [1.29, 1.82) is 0 Å². The summed E-state index contributed by atoms with van der Waals surface area (Å²) in [6, 6.07) is -0.220. The van der Waals surface area contributed by atoms with Crippen LogP contribution in [0.5, 0.6) is 5.75 Å². The Kier molecular flexibility index (Phi) is 5.24. The number of esters is 1. The van der Waals surface area contributed by atoms with Crippen molar-refractivity contribution in [1.82, 2.24) is 0 Å². The van der Waals surface area contributed by atoms with Gasteiger partial charge in [0.05, 0.1) is 6.61 Å². The zero-order valence-electron chi connectivity index (χ0n) is 10.8. The van der Waals surface area contributed by atoms with Crippen LogP contribution in [-0.2, 0) is 9.53 Å². The molecule has 0 fully saturated rings. The van der Waals surface area contributed by atoms with Crippen molar-refractivity contribution >= 4 is 27.9 Å². The molecule has 9 heteroatoms. The van der Waals surface area contributed by atoms with Gasteiger partial charge in [-0.15, -0.1) is 0 Å². The number of carbonyl (C=O) groups excluding carboxylic acids is 1. The van der Waals surface area contributed by atoms with Gasteiger partial charge in [0.2, 0.25) is 0 Å². The molecule has 1 aromatic rings. The second-order valence-corrected chi connectivity index (χ2v) is 4.93. The number of aromatic carboxylic acids is 1. The Morgan fingerprint density at radius 1 is 1.48 bits per heavy atom. The molecule has 0 unspecified atom stereocenters. The van der Waals surface area contributed by atoms with Gasteiger partial charge in [-0.1, -0.05) is 15.9 Å². The third-order valence-corrected chi connectivity index (χ3v) is 3.07. The molecule has 0 bridgehead atoms. The van der Waals surface area contributed by atoms with E-state index in [1.54, 1.807) is 0 Å². The number of alkyl halides is 2. The molecule has 1 atom stereocenters. The maximum Gasteiger partial charge on any atom is 0.379 e. The van der Waals surface area contributed by atoms with Crippen LogP contribution in [0, 0.1) is 0 Å². The van der Waals surface area contributed by atoms with Crippen molar-refractivity contribution in [2.75, 3.05) is 6.61 Å². The number of phenols is 1. The normalized spacial score (nSPS) is 12.8. The molecule has 1 rings (SSSR count). The number of carbonyl (C=O) groups is 2. The predicted octanol–water partition coefficient (Wildman–Crippen LogP) is 2.05. The average Bonchev–Trinajstić information content (AvgIpc) is 2.40. The topological polar surface area (TPSA) is 110 Å². The summed E-state index contributed by atoms with van der Waals surface area (Å²) >= 11 is 2.93. The Morgan fingerprint density at radius 3 is 2.52 bits per heavy atom. The number of carboxylic acids is 1. The Bertz CT molecular complexity index is 579. The Morgan fingerprint density at radius 2 is 2.05 bits per heavy atom. The molecule has 0 aliphatic heterocycles. The van der Waals surface area contributed by atoms with E-state index in [4.69, 9.17) is 10.8 Å². The van der Waals surface area contributed by atoms with Gasteiger partial charge in [0.15, 0.2) is 0 Å². The molecule has 6 nitrogen and oxygen atoms in total. The first kappa shape index (κ1) is 17.3. The highest BCUT2D eigenvalue weighted by Gasteiger charge is 2.49. The lowest BCUT2D eigenvalue weighted by Gasteiger charge is -2.23. The van der Waals surface area contributed by atoms with Crippen LogP contribution >= 0.6 is 15.9 Å². The summed E-state index contributed by atoms with van der Waals surface area (Å²) in [5.74, 6) is -8.43. The third kappa shape index (κ3) is 3.48. The molecular formula is C12H12BrF2NO5. The quantitative estimate of drug-likeness (QED) is 0.687. The summed E-state index contributed by atoms with van der Waals surface area (Å²) in [6.45, 7) is 1.07. The highest BCUT2D eigenvalue weighted by Crippen LogP contribution is 2.38. The summed E-state index contributed by atoms with van der Waals surface area (Å²) in [5, 5.41) is 18.7. The van der Waals surface area contributed by atoms with Crippen LogP contribution in [0.2, 0.25) is 0 Å². The lowest BCUT2D eigenvalue weighted by molar-refractivity contribution is -0.174. The van der Waals surface area contributed by atoms with Crippen molar-refractivity contribution < 1.29 is 33.3 Å². The number of carboxylic acid groups (broad SMARTS) is 1. The van der Waals surface area contributed by atoms with E-state index in [1.807, 2.05) is 0 Å². The fourth-order valence-corrected chi connectivity index (χ4v) is 2.05. The molecule has 1 aromatic carbocycles. The van der Waals surface area contributed by atoms with Gasteiger partial charge in [0.1, 0.15) is 17.4 Å². The number of hydrogen-bond acceptors (Lipinski definition) is 5. The monoisotopic (exact) mass is 367 g/mol. The van der Waals surface area contributed by atoms with Crippen LogP contribution in [-0.4, -0.2) is 34.7 Å². The van der Waals surface area contributed by atoms with Crippen molar-refractivity contribution in [3.05, 3.63) is 27.7 Å². The van der Waals surface area contributed by atoms with Crippen LogP contribution in [0.25, 0.3) is 0 Å². The zero-order chi connectivity index (χ0) is 16.4. The minimum Gasteiger partial charge on any atom is -0.507 e. The average molecular weight is 368 g/mol. The molecular weight excluding hydrogens is 356 g/mol. The van der Waals surface area contributed by atoms with Crippen LogP contribution in [0.3, 0.4) is 0 Å². The Balaban J connectivity index is 3.33. The number of benzene rings is 1. The molecule has 0 amide bonds. The van der Waals surface area contributed by atoms with Crippen molar-refractivity contribution in [3.8, 4) is 5.75 Å². The van der Waals surface area contributed by atoms with E-state index in [1.165, 1.54) is 6.92 Å². The summed E-state index contributed by atoms with van der Waals surface area (Å²) in [7, 11) is 0. The lowest BCUT2D eigenvalue weighted by atomic mass is 9.98. The Hall–Kier alpha value is -1.74. The maximum atomic E-state index is 13.9.